The zero-order valence-corrected chi connectivity index (χ0v) is 12.9. The van der Waals surface area contributed by atoms with E-state index in [9.17, 15) is 4.79 Å². The summed E-state index contributed by atoms with van der Waals surface area (Å²) in [6.07, 6.45) is 6.55. The van der Waals surface area contributed by atoms with E-state index in [-0.39, 0.29) is 5.91 Å². The van der Waals surface area contributed by atoms with E-state index in [4.69, 9.17) is 4.74 Å². The van der Waals surface area contributed by atoms with Crippen LogP contribution in [0.5, 0.6) is 5.88 Å². The van der Waals surface area contributed by atoms with Crippen molar-refractivity contribution in [3.8, 4) is 5.88 Å². The molecule has 7 heteroatoms. The van der Waals surface area contributed by atoms with Crippen molar-refractivity contribution in [3.05, 3.63) is 36.2 Å². The molecule has 22 heavy (non-hydrogen) atoms. The summed E-state index contributed by atoms with van der Waals surface area (Å²) in [5, 5.41) is 2.69. The Morgan fingerprint density at radius 2 is 2.09 bits per heavy atom. The second kappa shape index (κ2) is 7.44. The van der Waals surface area contributed by atoms with Gasteiger partial charge in [-0.05, 0) is 12.3 Å². The van der Waals surface area contributed by atoms with Gasteiger partial charge in [0.1, 0.15) is 6.33 Å². The summed E-state index contributed by atoms with van der Waals surface area (Å²) in [4.78, 5) is 28.5. The zero-order chi connectivity index (χ0) is 15.9. The number of ether oxygens (including phenoxy) is 1. The second-order valence-corrected chi connectivity index (χ2v) is 5.14. The fourth-order valence-corrected chi connectivity index (χ4v) is 1.74. The monoisotopic (exact) mass is 301 g/mol. The van der Waals surface area contributed by atoms with Crippen molar-refractivity contribution < 1.29 is 9.53 Å². The third-order valence-corrected chi connectivity index (χ3v) is 2.79. The summed E-state index contributed by atoms with van der Waals surface area (Å²) in [5.41, 5.74) is 1.12. The molecular weight excluding hydrogens is 282 g/mol. The molecule has 0 atom stereocenters. The van der Waals surface area contributed by atoms with E-state index in [0.717, 1.165) is 0 Å². The highest BCUT2D eigenvalue weighted by atomic mass is 16.5. The van der Waals surface area contributed by atoms with E-state index in [1.165, 1.54) is 24.9 Å². The molecule has 7 nitrogen and oxygen atoms in total. The predicted molar refractivity (Wildman–Crippen MR) is 81.7 cm³/mol. The van der Waals surface area contributed by atoms with Crippen molar-refractivity contribution in [1.29, 1.82) is 0 Å². The summed E-state index contributed by atoms with van der Waals surface area (Å²) in [7, 11) is 0. The Morgan fingerprint density at radius 3 is 2.82 bits per heavy atom. The van der Waals surface area contributed by atoms with Crippen LogP contribution in [0.1, 0.15) is 36.8 Å². The zero-order valence-electron chi connectivity index (χ0n) is 12.9. The molecule has 2 heterocycles. The third kappa shape index (κ3) is 4.21. The number of carbonyl (C=O) groups is 1. The number of amides is 1. The number of aryl methyl sites for hydroxylation is 1. The van der Waals surface area contributed by atoms with E-state index in [1.807, 2.05) is 20.8 Å². The van der Waals surface area contributed by atoms with Crippen molar-refractivity contribution in [3.63, 3.8) is 0 Å². The predicted octanol–water partition coefficient (Wildman–Crippen LogP) is 2.12. The SMILES string of the molecule is CCc1ncncc1C(=O)Nc1cncc(OCC(C)C)n1. The number of carbonyl (C=O) groups excluding carboxylic acids is 1. The highest BCUT2D eigenvalue weighted by Gasteiger charge is 2.13. The molecule has 0 fully saturated rings. The molecule has 0 spiro atoms. The van der Waals surface area contributed by atoms with Gasteiger partial charge in [-0.3, -0.25) is 9.78 Å². The normalized spacial score (nSPS) is 10.5. The molecule has 0 aliphatic rings. The van der Waals surface area contributed by atoms with Gasteiger partial charge in [-0.1, -0.05) is 20.8 Å². The molecule has 0 aliphatic heterocycles. The molecule has 1 amide bonds. The summed E-state index contributed by atoms with van der Waals surface area (Å²) in [6, 6.07) is 0. The average molecular weight is 301 g/mol. The largest absolute Gasteiger partial charge is 0.476 e. The Bertz CT molecular complexity index is 645. The van der Waals surface area contributed by atoms with Gasteiger partial charge >= 0.3 is 0 Å². The molecule has 116 valence electrons. The molecule has 2 aromatic rings. The van der Waals surface area contributed by atoms with Crippen LogP contribution in [0.4, 0.5) is 5.82 Å². The van der Waals surface area contributed by atoms with Gasteiger partial charge in [0.05, 0.1) is 30.3 Å². The highest BCUT2D eigenvalue weighted by Crippen LogP contribution is 2.12. The maximum absolute atomic E-state index is 12.3. The topological polar surface area (TPSA) is 89.9 Å². The second-order valence-electron chi connectivity index (χ2n) is 5.14. The van der Waals surface area contributed by atoms with Gasteiger partial charge in [0, 0.05) is 6.20 Å². The Labute approximate surface area is 129 Å². The molecule has 0 saturated carbocycles. The minimum atomic E-state index is -0.312. The van der Waals surface area contributed by atoms with Crippen LogP contribution in [0.2, 0.25) is 0 Å². The molecule has 0 saturated heterocycles. The van der Waals surface area contributed by atoms with Crippen LogP contribution in [0.3, 0.4) is 0 Å². The summed E-state index contributed by atoms with van der Waals surface area (Å²) < 4.78 is 5.49. The van der Waals surface area contributed by atoms with Crippen LogP contribution < -0.4 is 10.1 Å². The van der Waals surface area contributed by atoms with Gasteiger partial charge in [-0.25, -0.2) is 9.97 Å². The standard InChI is InChI=1S/C15H19N5O2/c1-4-12-11(5-17-9-18-12)15(21)20-13-6-16-7-14(19-13)22-8-10(2)3/h5-7,9-10H,4,8H2,1-3H3,(H,19,20,21). The Balaban J connectivity index is 2.10. The number of hydrogen-bond donors (Lipinski definition) is 1. The number of nitrogens with one attached hydrogen (secondary N) is 1. The maximum atomic E-state index is 12.3. The van der Waals surface area contributed by atoms with Gasteiger partial charge in [-0.2, -0.15) is 4.98 Å². The Hall–Kier alpha value is -2.57. The molecule has 2 rings (SSSR count). The van der Waals surface area contributed by atoms with Gasteiger partial charge in [0.15, 0.2) is 5.82 Å². The van der Waals surface area contributed by atoms with Crippen molar-refractivity contribution in [2.75, 3.05) is 11.9 Å². The summed E-state index contributed by atoms with van der Waals surface area (Å²) in [6.45, 7) is 6.55. The van der Waals surface area contributed by atoms with Crippen LogP contribution in [-0.4, -0.2) is 32.4 Å². The lowest BCUT2D eigenvalue weighted by molar-refractivity contribution is 0.102. The molecule has 2 aromatic heterocycles. The van der Waals surface area contributed by atoms with E-state index >= 15 is 0 Å². The molecule has 0 aliphatic carbocycles. The fraction of sp³-hybridized carbons (Fsp3) is 0.400. The lowest BCUT2D eigenvalue weighted by atomic mass is 10.2. The number of hydrogen-bond acceptors (Lipinski definition) is 6. The summed E-state index contributed by atoms with van der Waals surface area (Å²) in [5.74, 6) is 0.782. The lowest BCUT2D eigenvalue weighted by Gasteiger charge is -2.09. The van der Waals surface area contributed by atoms with Crippen LogP contribution in [0.25, 0.3) is 0 Å². The van der Waals surface area contributed by atoms with Gasteiger partial charge in [0.2, 0.25) is 5.88 Å². The van der Waals surface area contributed by atoms with Gasteiger partial charge in [0.25, 0.3) is 5.91 Å². The molecule has 0 unspecified atom stereocenters. The molecular formula is C15H19N5O2. The van der Waals surface area contributed by atoms with E-state index < -0.39 is 0 Å². The van der Waals surface area contributed by atoms with Crippen LogP contribution >= 0.6 is 0 Å². The molecule has 0 aromatic carbocycles. The highest BCUT2D eigenvalue weighted by molar-refractivity contribution is 6.04. The first-order valence-corrected chi connectivity index (χ1v) is 7.15. The van der Waals surface area contributed by atoms with E-state index in [2.05, 4.69) is 25.3 Å². The number of anilines is 1. The minimum absolute atomic E-state index is 0.312. The number of nitrogens with zero attached hydrogens (tertiary/aromatic N) is 4. The van der Waals surface area contributed by atoms with Crippen LogP contribution in [0, 0.1) is 5.92 Å². The first-order valence-electron chi connectivity index (χ1n) is 7.15. The van der Waals surface area contributed by atoms with Crippen LogP contribution in [0.15, 0.2) is 24.9 Å². The molecule has 0 radical (unpaired) electrons. The van der Waals surface area contributed by atoms with Crippen molar-refractivity contribution in [1.82, 2.24) is 19.9 Å². The molecule has 0 bridgehead atoms. The lowest BCUT2D eigenvalue weighted by Crippen LogP contribution is -2.17. The third-order valence-electron chi connectivity index (χ3n) is 2.79. The van der Waals surface area contributed by atoms with E-state index in [0.29, 0.717) is 41.9 Å². The Morgan fingerprint density at radius 1 is 1.27 bits per heavy atom. The first-order chi connectivity index (χ1) is 10.6. The minimum Gasteiger partial charge on any atom is -0.476 e. The quantitative estimate of drug-likeness (QED) is 0.879. The summed E-state index contributed by atoms with van der Waals surface area (Å²) >= 11 is 0. The van der Waals surface area contributed by atoms with Gasteiger partial charge < -0.3 is 10.1 Å². The van der Waals surface area contributed by atoms with E-state index in [1.54, 1.807) is 0 Å². The average Bonchev–Trinajstić information content (AvgIpc) is 2.53. The fourth-order valence-electron chi connectivity index (χ4n) is 1.74. The van der Waals surface area contributed by atoms with Crippen molar-refractivity contribution in [2.45, 2.75) is 27.2 Å². The first kappa shape index (κ1) is 15.8. The van der Waals surface area contributed by atoms with Crippen molar-refractivity contribution in [2.24, 2.45) is 5.92 Å². The smallest absolute Gasteiger partial charge is 0.260 e. The number of aromatic nitrogens is 4. The molecule has 1 N–H and O–H groups in total. The van der Waals surface area contributed by atoms with Crippen molar-refractivity contribution >= 4 is 11.7 Å². The maximum Gasteiger partial charge on any atom is 0.260 e. The number of rotatable bonds is 6. The van der Waals surface area contributed by atoms with Gasteiger partial charge in [-0.15, -0.1) is 0 Å². The van der Waals surface area contributed by atoms with Crippen LogP contribution in [-0.2, 0) is 6.42 Å². The Kier molecular flexibility index (Phi) is 5.35.